The van der Waals surface area contributed by atoms with Gasteiger partial charge >= 0.3 is 26.2 Å². The minimum absolute atomic E-state index is 0. The Kier molecular flexibility index (Phi) is 1080. The van der Waals surface area contributed by atoms with Gasteiger partial charge in [-0.2, -0.15) is 20.8 Å². The Morgan fingerprint density at radius 3 is 0.571 bits per heavy atom. The molecule has 0 amide bonds. The Morgan fingerprint density at radius 2 is 0.571 bits per heavy atom. The normalized spacial score (nSPS) is 2.57. The van der Waals surface area contributed by atoms with Gasteiger partial charge in [-0.05, 0) is 0 Å². The van der Waals surface area contributed by atoms with Crippen molar-refractivity contribution < 1.29 is 26.2 Å². The van der Waals surface area contributed by atoms with Crippen molar-refractivity contribution in [2.24, 2.45) is 0 Å². The first-order valence-electron chi connectivity index (χ1n) is 2.12. The second-order valence-electron chi connectivity index (χ2n) is 0. The van der Waals surface area contributed by atoms with E-state index in [1.807, 2.05) is 0 Å². The van der Waals surface area contributed by atoms with E-state index in [-0.39, 0.29) is 26.2 Å². The Hall–Kier alpha value is 0.883. The maximum Gasteiger partial charge on any atom is 3.00 e. The Balaban J connectivity index is -0.00000000900. The van der Waals surface area contributed by atoms with E-state index in [1.54, 1.807) is 20.8 Å². The van der Waals surface area contributed by atoms with Crippen molar-refractivity contribution in [2.45, 2.75) is 20.8 Å². The van der Waals surface area contributed by atoms with Crippen LogP contribution >= 0.6 is 0 Å². The fraction of sp³-hybridized carbons (Fsp3) is 0.500. The fourth-order valence-electron chi connectivity index (χ4n) is 0. The number of hydrogen-bond donors (Lipinski definition) is 0. The van der Waals surface area contributed by atoms with Crippen LogP contribution in [0.2, 0.25) is 0 Å². The molecular formula is C6H15Zr. The van der Waals surface area contributed by atoms with Crippen LogP contribution < -0.4 is 0 Å². The molecule has 0 aromatic rings. The summed E-state index contributed by atoms with van der Waals surface area (Å²) in [6, 6.07) is 0. The van der Waals surface area contributed by atoms with Crippen molar-refractivity contribution in [1.29, 1.82) is 0 Å². The molecule has 0 bridgehead atoms. The largest absolute Gasteiger partial charge is 3.00 e. The minimum atomic E-state index is 0. The molecule has 0 saturated carbocycles. The summed E-state index contributed by atoms with van der Waals surface area (Å²) in [7, 11) is 0. The maximum atomic E-state index is 3.25. The summed E-state index contributed by atoms with van der Waals surface area (Å²) in [6.07, 6.45) is 0. The second-order valence-corrected chi connectivity index (χ2v) is 0. The van der Waals surface area contributed by atoms with Gasteiger partial charge in [-0.1, -0.05) is 0 Å². The van der Waals surface area contributed by atoms with Gasteiger partial charge in [-0.15, -0.1) is 0 Å². The summed E-state index contributed by atoms with van der Waals surface area (Å²) >= 11 is 0. The van der Waals surface area contributed by atoms with Crippen LogP contribution in [0.1, 0.15) is 20.8 Å². The quantitative estimate of drug-likeness (QED) is 0.500. The fourth-order valence-corrected chi connectivity index (χ4v) is 0. The van der Waals surface area contributed by atoms with E-state index in [0.29, 0.717) is 0 Å². The first-order chi connectivity index (χ1) is 3.00. The van der Waals surface area contributed by atoms with Crippen molar-refractivity contribution >= 4 is 0 Å². The molecule has 1 radical (unpaired) electrons. The molecule has 7 heavy (non-hydrogen) atoms. The van der Waals surface area contributed by atoms with Gasteiger partial charge in [0.25, 0.3) is 0 Å². The Morgan fingerprint density at radius 1 is 0.571 bits per heavy atom. The van der Waals surface area contributed by atoms with Crippen LogP contribution in [0.3, 0.4) is 0 Å². The smallest absolute Gasteiger partial charge is 0.346 e. The van der Waals surface area contributed by atoms with Crippen molar-refractivity contribution in [2.75, 3.05) is 0 Å². The summed E-state index contributed by atoms with van der Waals surface area (Å²) in [6.45, 7) is 15.0. The summed E-state index contributed by atoms with van der Waals surface area (Å²) in [4.78, 5) is 0. The van der Waals surface area contributed by atoms with Gasteiger partial charge in [0.15, 0.2) is 0 Å². The van der Waals surface area contributed by atoms with Crippen LogP contribution in [0.15, 0.2) is 0 Å². The first kappa shape index (κ1) is 24.8. The molecule has 43 valence electrons. The average molecular weight is 178 g/mol. The third-order valence-electron chi connectivity index (χ3n) is 0. The van der Waals surface area contributed by atoms with E-state index >= 15 is 0 Å². The van der Waals surface area contributed by atoms with Crippen molar-refractivity contribution in [1.82, 2.24) is 0 Å². The number of rotatable bonds is 0. The molecule has 0 atom stereocenters. The van der Waals surface area contributed by atoms with E-state index in [9.17, 15) is 0 Å². The van der Waals surface area contributed by atoms with Gasteiger partial charge in [-0.3, -0.25) is 0 Å². The molecule has 0 aromatic heterocycles. The molecule has 0 spiro atoms. The minimum Gasteiger partial charge on any atom is -0.346 e. The SMILES string of the molecule is [CH2-]C.[CH2-]C.[CH2-]C.[Zr+3]. The van der Waals surface area contributed by atoms with E-state index in [0.717, 1.165) is 0 Å². The monoisotopic (exact) mass is 177 g/mol. The summed E-state index contributed by atoms with van der Waals surface area (Å²) in [5.74, 6) is 0. The zero-order valence-electron chi connectivity index (χ0n) is 5.62. The molecule has 0 rings (SSSR count). The summed E-state index contributed by atoms with van der Waals surface area (Å²) < 4.78 is 0. The topological polar surface area (TPSA) is 0 Å². The van der Waals surface area contributed by atoms with Crippen LogP contribution in [0.5, 0.6) is 0 Å². The molecule has 0 aromatic carbocycles. The zero-order valence-corrected chi connectivity index (χ0v) is 8.08. The maximum absolute atomic E-state index is 3.25. The summed E-state index contributed by atoms with van der Waals surface area (Å²) in [5.41, 5.74) is 0. The average Bonchev–Trinajstić information content (AvgIpc) is 1.81. The first-order valence-corrected chi connectivity index (χ1v) is 2.12. The molecule has 0 aliphatic rings. The molecule has 0 aliphatic carbocycles. The van der Waals surface area contributed by atoms with Gasteiger partial charge < -0.3 is 20.8 Å². The summed E-state index contributed by atoms with van der Waals surface area (Å²) in [5, 5.41) is 0. The van der Waals surface area contributed by atoms with Crippen LogP contribution in [0, 0.1) is 20.8 Å². The van der Waals surface area contributed by atoms with E-state index in [4.69, 9.17) is 0 Å². The van der Waals surface area contributed by atoms with E-state index in [1.165, 1.54) is 0 Å². The Labute approximate surface area is 67.8 Å². The standard InChI is InChI=1S/3C2H5.Zr/c3*1-2;/h3*1H2,2H3;/q3*-1;+3. The molecule has 0 aliphatic heterocycles. The van der Waals surface area contributed by atoms with Gasteiger partial charge in [0.05, 0.1) is 0 Å². The van der Waals surface area contributed by atoms with Gasteiger partial charge in [0, 0.05) is 0 Å². The van der Waals surface area contributed by atoms with Crippen molar-refractivity contribution in [3.63, 3.8) is 0 Å². The molecule has 0 unspecified atom stereocenters. The van der Waals surface area contributed by atoms with Gasteiger partial charge in [-0.25, -0.2) is 0 Å². The van der Waals surface area contributed by atoms with Crippen molar-refractivity contribution in [3.8, 4) is 0 Å². The third-order valence-corrected chi connectivity index (χ3v) is 0. The van der Waals surface area contributed by atoms with Crippen LogP contribution in [0.25, 0.3) is 0 Å². The Bertz CT molecular complexity index is 4.14. The second kappa shape index (κ2) is 305. The van der Waals surface area contributed by atoms with Crippen LogP contribution in [0.4, 0.5) is 0 Å². The van der Waals surface area contributed by atoms with E-state index in [2.05, 4.69) is 20.8 Å². The van der Waals surface area contributed by atoms with Gasteiger partial charge in [0.2, 0.25) is 0 Å². The van der Waals surface area contributed by atoms with Crippen molar-refractivity contribution in [3.05, 3.63) is 20.8 Å². The molecule has 0 nitrogen and oxygen atoms in total. The molecule has 0 heterocycles. The third kappa shape index (κ3) is 210. The predicted molar refractivity (Wildman–Crippen MR) is 33.1 cm³/mol. The van der Waals surface area contributed by atoms with E-state index < -0.39 is 0 Å². The molecule has 0 fully saturated rings. The number of hydrogen-bond acceptors (Lipinski definition) is 0. The predicted octanol–water partition coefficient (Wildman–Crippen LogP) is 2.52. The zero-order chi connectivity index (χ0) is 6.00. The van der Waals surface area contributed by atoms with Crippen LogP contribution in [-0.2, 0) is 26.2 Å². The molecule has 0 saturated heterocycles. The molecule has 0 N–H and O–H groups in total. The van der Waals surface area contributed by atoms with Gasteiger partial charge in [0.1, 0.15) is 0 Å². The molecule has 1 heteroatoms. The van der Waals surface area contributed by atoms with Crippen LogP contribution in [-0.4, -0.2) is 0 Å². The molecular weight excluding hydrogens is 163 g/mol.